The van der Waals surface area contributed by atoms with E-state index in [1.165, 1.54) is 0 Å². The third-order valence-electron chi connectivity index (χ3n) is 6.16. The number of rotatable bonds is 8. The SMILES string of the molecule is CCN(CC)CCN1CCN(c2ccnc3c(-c4cccc(C(N)=O)c4)cnn23)CC1. The first-order chi connectivity index (χ1) is 15.1. The molecule has 1 amide bonds. The van der Waals surface area contributed by atoms with Gasteiger partial charge in [-0.05, 0) is 36.9 Å². The zero-order valence-corrected chi connectivity index (χ0v) is 18.4. The van der Waals surface area contributed by atoms with Crippen molar-refractivity contribution in [3.63, 3.8) is 0 Å². The number of fused-ring (bicyclic) bond motifs is 1. The van der Waals surface area contributed by atoms with E-state index in [0.29, 0.717) is 5.56 Å². The summed E-state index contributed by atoms with van der Waals surface area (Å²) in [6.45, 7) is 12.9. The van der Waals surface area contributed by atoms with Gasteiger partial charge in [0.1, 0.15) is 5.82 Å². The smallest absolute Gasteiger partial charge is 0.248 e. The highest BCUT2D eigenvalue weighted by Gasteiger charge is 2.21. The number of nitrogens with zero attached hydrogens (tertiary/aromatic N) is 6. The van der Waals surface area contributed by atoms with Gasteiger partial charge in [0, 0.05) is 56.6 Å². The maximum atomic E-state index is 11.6. The van der Waals surface area contributed by atoms with Gasteiger partial charge < -0.3 is 15.5 Å². The molecule has 2 aromatic heterocycles. The van der Waals surface area contributed by atoms with Crippen molar-refractivity contribution in [2.24, 2.45) is 5.73 Å². The predicted molar refractivity (Wildman–Crippen MR) is 123 cm³/mol. The Hall–Kier alpha value is -2.97. The topological polar surface area (TPSA) is 83.0 Å². The van der Waals surface area contributed by atoms with Crippen molar-refractivity contribution >= 4 is 17.4 Å². The Kier molecular flexibility index (Phi) is 6.48. The molecule has 164 valence electrons. The molecule has 1 aromatic carbocycles. The molecular weight excluding hydrogens is 390 g/mol. The average Bonchev–Trinajstić information content (AvgIpc) is 3.24. The Morgan fingerprint density at radius 2 is 1.90 bits per heavy atom. The van der Waals surface area contributed by atoms with Gasteiger partial charge in [-0.25, -0.2) is 4.98 Å². The van der Waals surface area contributed by atoms with Crippen LogP contribution in [0, 0.1) is 0 Å². The van der Waals surface area contributed by atoms with Gasteiger partial charge in [-0.15, -0.1) is 0 Å². The van der Waals surface area contributed by atoms with Crippen molar-refractivity contribution in [1.29, 1.82) is 0 Å². The van der Waals surface area contributed by atoms with E-state index in [4.69, 9.17) is 5.73 Å². The van der Waals surface area contributed by atoms with E-state index in [-0.39, 0.29) is 0 Å². The Morgan fingerprint density at radius 1 is 1.13 bits per heavy atom. The number of piperazine rings is 1. The molecule has 0 spiro atoms. The number of anilines is 1. The number of likely N-dealkylation sites (N-methyl/N-ethyl adjacent to an activating group) is 1. The van der Waals surface area contributed by atoms with E-state index in [0.717, 1.165) is 74.9 Å². The summed E-state index contributed by atoms with van der Waals surface area (Å²) in [6, 6.07) is 9.32. The first-order valence-corrected chi connectivity index (χ1v) is 11.0. The van der Waals surface area contributed by atoms with Crippen molar-refractivity contribution < 1.29 is 4.79 Å². The summed E-state index contributed by atoms with van der Waals surface area (Å²) in [6.07, 6.45) is 3.65. The number of nitrogens with two attached hydrogens (primary N) is 1. The highest BCUT2D eigenvalue weighted by atomic mass is 16.1. The van der Waals surface area contributed by atoms with E-state index in [1.807, 2.05) is 35.1 Å². The maximum Gasteiger partial charge on any atom is 0.248 e. The monoisotopic (exact) mass is 421 g/mol. The molecular formula is C23H31N7O. The third-order valence-corrected chi connectivity index (χ3v) is 6.16. The Balaban J connectivity index is 1.50. The molecule has 0 unspecified atom stereocenters. The molecule has 1 fully saturated rings. The number of benzene rings is 1. The summed E-state index contributed by atoms with van der Waals surface area (Å²) in [5.41, 5.74) is 8.49. The summed E-state index contributed by atoms with van der Waals surface area (Å²) < 4.78 is 1.90. The van der Waals surface area contributed by atoms with Crippen molar-refractivity contribution in [2.75, 3.05) is 57.3 Å². The van der Waals surface area contributed by atoms with Crippen LogP contribution in [0.15, 0.2) is 42.7 Å². The average molecular weight is 422 g/mol. The molecule has 3 aromatic rings. The molecule has 3 heterocycles. The molecule has 0 saturated carbocycles. The second-order valence-corrected chi connectivity index (χ2v) is 7.90. The first-order valence-electron chi connectivity index (χ1n) is 11.0. The number of carbonyl (C=O) groups excluding carboxylic acids is 1. The number of carbonyl (C=O) groups is 1. The zero-order valence-electron chi connectivity index (χ0n) is 18.4. The fourth-order valence-corrected chi connectivity index (χ4v) is 4.19. The lowest BCUT2D eigenvalue weighted by atomic mass is 10.1. The minimum atomic E-state index is -0.439. The summed E-state index contributed by atoms with van der Waals surface area (Å²) in [5.74, 6) is 0.608. The molecule has 1 aliphatic rings. The van der Waals surface area contributed by atoms with Gasteiger partial charge in [0.2, 0.25) is 5.91 Å². The Labute approximate surface area is 183 Å². The van der Waals surface area contributed by atoms with Crippen LogP contribution < -0.4 is 10.6 Å². The zero-order chi connectivity index (χ0) is 21.8. The molecule has 8 nitrogen and oxygen atoms in total. The van der Waals surface area contributed by atoms with Gasteiger partial charge in [-0.3, -0.25) is 9.69 Å². The summed E-state index contributed by atoms with van der Waals surface area (Å²) in [5, 5.41) is 4.62. The van der Waals surface area contributed by atoms with E-state index in [9.17, 15) is 4.79 Å². The fourth-order valence-electron chi connectivity index (χ4n) is 4.19. The van der Waals surface area contributed by atoms with Crippen LogP contribution >= 0.6 is 0 Å². The van der Waals surface area contributed by atoms with Crippen LogP contribution in [-0.2, 0) is 0 Å². The van der Waals surface area contributed by atoms with Gasteiger partial charge >= 0.3 is 0 Å². The minimum absolute atomic E-state index is 0.439. The van der Waals surface area contributed by atoms with Crippen LogP contribution in [-0.4, -0.2) is 82.7 Å². The largest absolute Gasteiger partial charge is 0.366 e. The van der Waals surface area contributed by atoms with Gasteiger partial charge in [0.15, 0.2) is 5.65 Å². The van der Waals surface area contributed by atoms with Crippen molar-refractivity contribution in [1.82, 2.24) is 24.4 Å². The van der Waals surface area contributed by atoms with Crippen LogP contribution in [0.3, 0.4) is 0 Å². The third kappa shape index (κ3) is 4.55. The van der Waals surface area contributed by atoms with Crippen LogP contribution in [0.2, 0.25) is 0 Å². The lowest BCUT2D eigenvalue weighted by Crippen LogP contribution is -2.49. The molecule has 0 atom stereocenters. The lowest BCUT2D eigenvalue weighted by Gasteiger charge is -2.36. The summed E-state index contributed by atoms with van der Waals surface area (Å²) >= 11 is 0. The predicted octanol–water partition coefficient (Wildman–Crippen LogP) is 1.96. The molecule has 1 saturated heterocycles. The maximum absolute atomic E-state index is 11.6. The second kappa shape index (κ2) is 9.45. The Morgan fingerprint density at radius 3 is 2.61 bits per heavy atom. The highest BCUT2D eigenvalue weighted by Crippen LogP contribution is 2.27. The number of aromatic nitrogens is 3. The van der Waals surface area contributed by atoms with Crippen LogP contribution in [0.4, 0.5) is 5.82 Å². The van der Waals surface area contributed by atoms with E-state index in [1.54, 1.807) is 12.1 Å². The molecule has 8 heteroatoms. The van der Waals surface area contributed by atoms with Crippen LogP contribution in [0.1, 0.15) is 24.2 Å². The summed E-state index contributed by atoms with van der Waals surface area (Å²) in [4.78, 5) is 23.5. The number of hydrogen-bond donors (Lipinski definition) is 1. The lowest BCUT2D eigenvalue weighted by molar-refractivity contribution is 0.100. The first kappa shape index (κ1) is 21.3. The molecule has 2 N–H and O–H groups in total. The molecule has 0 radical (unpaired) electrons. The van der Waals surface area contributed by atoms with Crippen LogP contribution in [0.25, 0.3) is 16.8 Å². The highest BCUT2D eigenvalue weighted by molar-refractivity contribution is 5.94. The standard InChI is InChI=1S/C23H31N7O/c1-3-27(4-2)10-11-28-12-14-29(15-13-28)21-8-9-25-23-20(17-26-30(21)23)18-6-5-7-19(16-18)22(24)31/h5-9,16-17H,3-4,10-15H2,1-2H3,(H2,24,31). The van der Waals surface area contributed by atoms with Gasteiger partial charge in [0.25, 0.3) is 0 Å². The van der Waals surface area contributed by atoms with Crippen LogP contribution in [0.5, 0.6) is 0 Å². The number of primary amides is 1. The normalized spacial score (nSPS) is 15.1. The van der Waals surface area contributed by atoms with Crippen molar-refractivity contribution in [3.8, 4) is 11.1 Å². The molecule has 0 aliphatic carbocycles. The second-order valence-electron chi connectivity index (χ2n) is 7.90. The molecule has 31 heavy (non-hydrogen) atoms. The Bertz CT molecular complexity index is 1040. The van der Waals surface area contributed by atoms with E-state index < -0.39 is 5.91 Å². The quantitative estimate of drug-likeness (QED) is 0.599. The molecule has 4 rings (SSSR count). The van der Waals surface area contributed by atoms with Gasteiger partial charge in [0.05, 0.1) is 6.20 Å². The molecule has 1 aliphatic heterocycles. The summed E-state index contributed by atoms with van der Waals surface area (Å²) in [7, 11) is 0. The number of hydrogen-bond acceptors (Lipinski definition) is 6. The van der Waals surface area contributed by atoms with Crippen molar-refractivity contribution in [2.45, 2.75) is 13.8 Å². The van der Waals surface area contributed by atoms with Crippen molar-refractivity contribution in [3.05, 3.63) is 48.3 Å². The van der Waals surface area contributed by atoms with Gasteiger partial charge in [-0.2, -0.15) is 9.61 Å². The molecule has 0 bridgehead atoms. The number of amides is 1. The van der Waals surface area contributed by atoms with E-state index in [2.05, 4.69) is 38.6 Å². The minimum Gasteiger partial charge on any atom is -0.366 e. The van der Waals surface area contributed by atoms with Gasteiger partial charge in [-0.1, -0.05) is 26.0 Å². The fraction of sp³-hybridized carbons (Fsp3) is 0.435. The van der Waals surface area contributed by atoms with E-state index >= 15 is 0 Å².